The van der Waals surface area contributed by atoms with Crippen molar-refractivity contribution in [3.8, 4) is 0 Å². The molecule has 0 unspecified atom stereocenters. The Hall–Kier alpha value is -2.69. The molecule has 5 rings (SSSR count). The van der Waals surface area contributed by atoms with E-state index in [1.165, 1.54) is 34.3 Å². The molecule has 1 heterocycles. The molecule has 0 saturated heterocycles. The molecule has 158 valence electrons. The van der Waals surface area contributed by atoms with Crippen molar-refractivity contribution in [2.45, 2.75) is 51.3 Å². The molecule has 1 aliphatic rings. The van der Waals surface area contributed by atoms with Crippen LogP contribution in [0.5, 0.6) is 0 Å². The second-order valence-corrected chi connectivity index (χ2v) is 14.0. The van der Waals surface area contributed by atoms with Gasteiger partial charge in [0.25, 0.3) is 8.32 Å². The van der Waals surface area contributed by atoms with Crippen molar-refractivity contribution in [2.24, 2.45) is 0 Å². The van der Waals surface area contributed by atoms with Crippen molar-refractivity contribution in [1.82, 2.24) is 9.55 Å². The number of benzene rings is 3. The molecule has 0 bridgehead atoms. The molecule has 4 aromatic rings. The molecule has 1 aromatic heterocycles. The van der Waals surface area contributed by atoms with E-state index in [0.717, 1.165) is 5.52 Å². The Morgan fingerprint density at radius 3 is 2.06 bits per heavy atom. The predicted molar refractivity (Wildman–Crippen MR) is 130 cm³/mol. The van der Waals surface area contributed by atoms with Crippen LogP contribution in [0, 0.1) is 0 Å². The van der Waals surface area contributed by atoms with Crippen LogP contribution in [0.15, 0.2) is 85.2 Å². The van der Waals surface area contributed by atoms with Crippen LogP contribution in [0.1, 0.15) is 45.2 Å². The summed E-state index contributed by atoms with van der Waals surface area (Å²) in [4.78, 5) is 4.67. The second kappa shape index (κ2) is 7.77. The van der Waals surface area contributed by atoms with E-state index in [-0.39, 0.29) is 5.04 Å². The summed E-state index contributed by atoms with van der Waals surface area (Å²) in [7, 11) is -2.53. The number of fused-ring (bicyclic) bond motifs is 1. The van der Waals surface area contributed by atoms with Crippen LogP contribution in [0.3, 0.4) is 0 Å². The summed E-state index contributed by atoms with van der Waals surface area (Å²) in [6, 6.07) is 28.9. The lowest BCUT2D eigenvalue weighted by Gasteiger charge is -2.43. The van der Waals surface area contributed by atoms with Crippen LogP contribution >= 0.6 is 0 Å². The Balaban J connectivity index is 1.54. The van der Waals surface area contributed by atoms with Gasteiger partial charge in [0.1, 0.15) is 0 Å². The molecule has 31 heavy (non-hydrogen) atoms. The summed E-state index contributed by atoms with van der Waals surface area (Å²) in [6.45, 7) is 7.54. The third kappa shape index (κ3) is 3.64. The first-order valence-corrected chi connectivity index (χ1v) is 13.1. The van der Waals surface area contributed by atoms with Crippen molar-refractivity contribution in [2.75, 3.05) is 0 Å². The van der Waals surface area contributed by atoms with Crippen molar-refractivity contribution >= 4 is 29.7 Å². The molecule has 3 aromatic carbocycles. The highest BCUT2D eigenvalue weighted by atomic mass is 28.4. The maximum atomic E-state index is 7.07. The number of hydrogen-bond acceptors (Lipinski definition) is 2. The number of imidazole rings is 1. The summed E-state index contributed by atoms with van der Waals surface area (Å²) >= 11 is 0. The van der Waals surface area contributed by atoms with E-state index in [4.69, 9.17) is 4.43 Å². The highest BCUT2D eigenvalue weighted by Gasteiger charge is 2.50. The summed E-state index contributed by atoms with van der Waals surface area (Å²) < 4.78 is 9.39. The van der Waals surface area contributed by atoms with Gasteiger partial charge in [-0.25, -0.2) is 4.98 Å². The summed E-state index contributed by atoms with van der Waals surface area (Å²) in [5.41, 5.74) is 3.48. The van der Waals surface area contributed by atoms with Crippen molar-refractivity contribution in [3.63, 3.8) is 0 Å². The third-order valence-corrected chi connectivity index (χ3v) is 11.4. The standard InChI is InChI=1S/C27H30N2OSi/c1-27(2,3)31(23-10-6-4-7-11-23,24-12-8-5-9-13-24)30-19-21-14-17-26-25(18-21)28-20-29(26)22-15-16-22/h4-14,17-18,20,22H,15-16,19H2,1-3H3. The Labute approximate surface area is 185 Å². The van der Waals surface area contributed by atoms with Gasteiger partial charge in [-0.15, -0.1) is 0 Å². The molecular weight excluding hydrogens is 396 g/mol. The zero-order chi connectivity index (χ0) is 21.5. The molecule has 0 radical (unpaired) electrons. The van der Waals surface area contributed by atoms with Gasteiger partial charge in [-0.3, -0.25) is 0 Å². The predicted octanol–water partition coefficient (Wildman–Crippen LogP) is 5.45. The van der Waals surface area contributed by atoms with Crippen molar-refractivity contribution in [1.29, 1.82) is 0 Å². The Morgan fingerprint density at radius 1 is 0.903 bits per heavy atom. The third-order valence-electron chi connectivity index (χ3n) is 6.45. The molecule has 1 fully saturated rings. The molecule has 1 saturated carbocycles. The quantitative estimate of drug-likeness (QED) is 0.384. The zero-order valence-electron chi connectivity index (χ0n) is 18.6. The molecule has 0 aliphatic heterocycles. The first-order chi connectivity index (χ1) is 15.0. The number of rotatable bonds is 6. The van der Waals surface area contributed by atoms with E-state index >= 15 is 0 Å². The van der Waals surface area contributed by atoms with E-state index in [0.29, 0.717) is 12.6 Å². The van der Waals surface area contributed by atoms with Gasteiger partial charge in [-0.05, 0) is 45.9 Å². The molecular formula is C27H30N2OSi. The van der Waals surface area contributed by atoms with Crippen LogP contribution in [0.2, 0.25) is 5.04 Å². The largest absolute Gasteiger partial charge is 0.403 e. The smallest absolute Gasteiger partial charge is 0.261 e. The molecule has 0 N–H and O–H groups in total. The maximum absolute atomic E-state index is 7.07. The van der Waals surface area contributed by atoms with Gasteiger partial charge in [0.05, 0.1) is 24.0 Å². The first kappa shape index (κ1) is 20.2. The maximum Gasteiger partial charge on any atom is 0.261 e. The van der Waals surface area contributed by atoms with Gasteiger partial charge in [0, 0.05) is 6.04 Å². The van der Waals surface area contributed by atoms with Gasteiger partial charge < -0.3 is 8.99 Å². The fourth-order valence-corrected chi connectivity index (χ4v) is 9.30. The fraction of sp³-hybridized carbons (Fsp3) is 0.296. The minimum atomic E-state index is -2.53. The normalized spacial score (nSPS) is 14.8. The minimum Gasteiger partial charge on any atom is -0.403 e. The number of aromatic nitrogens is 2. The van der Waals surface area contributed by atoms with Crippen LogP contribution in [0.25, 0.3) is 11.0 Å². The van der Waals surface area contributed by atoms with E-state index in [1.807, 2.05) is 6.33 Å². The Morgan fingerprint density at radius 2 is 1.52 bits per heavy atom. The van der Waals surface area contributed by atoms with Crippen LogP contribution in [-0.2, 0) is 11.0 Å². The lowest BCUT2D eigenvalue weighted by Crippen LogP contribution is -2.66. The molecule has 0 amide bonds. The van der Waals surface area contributed by atoms with Crippen molar-refractivity contribution < 1.29 is 4.43 Å². The average Bonchev–Trinajstić information content (AvgIpc) is 3.54. The van der Waals surface area contributed by atoms with Gasteiger partial charge in [-0.1, -0.05) is 87.5 Å². The molecule has 3 nitrogen and oxygen atoms in total. The Bertz CT molecular complexity index is 1130. The zero-order valence-corrected chi connectivity index (χ0v) is 19.6. The summed E-state index contributed by atoms with van der Waals surface area (Å²) in [6.07, 6.45) is 4.53. The first-order valence-electron chi connectivity index (χ1n) is 11.2. The Kier molecular flexibility index (Phi) is 5.07. The van der Waals surface area contributed by atoms with Crippen LogP contribution in [0.4, 0.5) is 0 Å². The lowest BCUT2D eigenvalue weighted by molar-refractivity contribution is 0.286. The molecule has 1 aliphatic carbocycles. The number of nitrogens with zero attached hydrogens (tertiary/aromatic N) is 2. The summed E-state index contributed by atoms with van der Waals surface area (Å²) in [5.74, 6) is 0. The molecule has 0 spiro atoms. The topological polar surface area (TPSA) is 27.1 Å². The molecule has 4 heteroatoms. The minimum absolute atomic E-state index is 0.0205. The van der Waals surface area contributed by atoms with E-state index in [9.17, 15) is 0 Å². The van der Waals surface area contributed by atoms with E-state index < -0.39 is 8.32 Å². The highest BCUT2D eigenvalue weighted by Crippen LogP contribution is 2.38. The van der Waals surface area contributed by atoms with E-state index in [2.05, 4.69) is 109 Å². The second-order valence-electron chi connectivity index (χ2n) is 9.66. The SMILES string of the molecule is CC(C)(C)[Si](OCc1ccc2c(c1)ncn2C1CC1)(c1ccccc1)c1ccccc1. The van der Waals surface area contributed by atoms with Gasteiger partial charge in [-0.2, -0.15) is 0 Å². The van der Waals surface area contributed by atoms with Gasteiger partial charge >= 0.3 is 0 Å². The van der Waals surface area contributed by atoms with E-state index in [1.54, 1.807) is 0 Å². The monoisotopic (exact) mass is 426 g/mol. The average molecular weight is 427 g/mol. The van der Waals surface area contributed by atoms with Gasteiger partial charge in [0.2, 0.25) is 0 Å². The fourth-order valence-electron chi connectivity index (χ4n) is 4.76. The molecule has 0 atom stereocenters. The van der Waals surface area contributed by atoms with Crippen LogP contribution < -0.4 is 10.4 Å². The number of hydrogen-bond donors (Lipinski definition) is 0. The van der Waals surface area contributed by atoms with Crippen LogP contribution in [-0.4, -0.2) is 17.9 Å². The van der Waals surface area contributed by atoms with Gasteiger partial charge in [0.15, 0.2) is 0 Å². The lowest BCUT2D eigenvalue weighted by atomic mass is 10.2. The highest BCUT2D eigenvalue weighted by molar-refractivity contribution is 6.99. The summed E-state index contributed by atoms with van der Waals surface area (Å²) in [5, 5.41) is 2.61. The van der Waals surface area contributed by atoms with Crippen molar-refractivity contribution in [3.05, 3.63) is 90.8 Å².